The van der Waals surface area contributed by atoms with Gasteiger partial charge in [0, 0.05) is 13.0 Å². The number of unbranched alkanes of at least 4 members (excludes halogenated alkanes) is 3. The van der Waals surface area contributed by atoms with E-state index in [1.54, 1.807) is 0 Å². The molecule has 1 heterocycles. The molecule has 0 N–H and O–H groups in total. The minimum absolute atomic E-state index is 0.00837. The van der Waals surface area contributed by atoms with Crippen molar-refractivity contribution in [1.29, 1.82) is 0 Å². The molecule has 1 unspecified atom stereocenters. The quantitative estimate of drug-likeness (QED) is 0.113. The number of hydrogen-bond donors (Lipinski definition) is 0. The van der Waals surface area contributed by atoms with Gasteiger partial charge in [0.05, 0.1) is 25.6 Å². The molecular formula is C27H46O7S. The highest BCUT2D eigenvalue weighted by Crippen LogP contribution is 2.38. The topological polar surface area (TPSA) is 88.1 Å². The first kappa shape index (κ1) is 30.0. The normalized spacial score (nSPS) is 26.5. The van der Waals surface area contributed by atoms with Crippen molar-refractivity contribution in [2.75, 3.05) is 20.0 Å². The first-order chi connectivity index (χ1) is 16.8. The van der Waals surface area contributed by atoms with Crippen molar-refractivity contribution < 1.29 is 31.6 Å². The van der Waals surface area contributed by atoms with Gasteiger partial charge in [0.15, 0.2) is 6.29 Å². The van der Waals surface area contributed by atoms with Crippen LogP contribution < -0.4 is 0 Å². The van der Waals surface area contributed by atoms with E-state index in [1.807, 2.05) is 0 Å². The van der Waals surface area contributed by atoms with Gasteiger partial charge in [-0.3, -0.25) is 8.98 Å². The summed E-state index contributed by atoms with van der Waals surface area (Å²) in [7, 11) is -2.12. The molecule has 5 atom stereocenters. The van der Waals surface area contributed by atoms with Crippen molar-refractivity contribution in [2.45, 2.75) is 109 Å². The van der Waals surface area contributed by atoms with Gasteiger partial charge in [-0.1, -0.05) is 50.5 Å². The number of methoxy groups -OCH3 is 1. The van der Waals surface area contributed by atoms with Gasteiger partial charge in [0.2, 0.25) is 0 Å². The zero-order valence-corrected chi connectivity index (χ0v) is 22.7. The molecule has 1 saturated carbocycles. The fourth-order valence-corrected chi connectivity index (χ4v) is 5.58. The van der Waals surface area contributed by atoms with Crippen LogP contribution >= 0.6 is 0 Å². The van der Waals surface area contributed by atoms with Crippen LogP contribution in [0.5, 0.6) is 0 Å². The molecule has 1 aliphatic heterocycles. The van der Waals surface area contributed by atoms with Gasteiger partial charge < -0.3 is 14.2 Å². The van der Waals surface area contributed by atoms with E-state index in [2.05, 4.69) is 36.0 Å². The minimum Gasteiger partial charge on any atom is -0.469 e. The van der Waals surface area contributed by atoms with Crippen molar-refractivity contribution in [3.8, 4) is 0 Å². The lowest BCUT2D eigenvalue weighted by molar-refractivity contribution is -0.179. The third-order valence-corrected chi connectivity index (χ3v) is 7.39. The summed E-state index contributed by atoms with van der Waals surface area (Å²) >= 11 is 0. The van der Waals surface area contributed by atoms with Crippen molar-refractivity contribution in [3.63, 3.8) is 0 Å². The van der Waals surface area contributed by atoms with E-state index in [9.17, 15) is 13.2 Å². The maximum absolute atomic E-state index is 11.8. The maximum Gasteiger partial charge on any atom is 0.305 e. The molecule has 2 fully saturated rings. The van der Waals surface area contributed by atoms with Gasteiger partial charge in [0.1, 0.15) is 0 Å². The highest BCUT2D eigenvalue weighted by molar-refractivity contribution is 7.86. The van der Waals surface area contributed by atoms with Crippen LogP contribution in [0.1, 0.15) is 90.4 Å². The Morgan fingerprint density at radius 2 is 1.94 bits per heavy atom. The van der Waals surface area contributed by atoms with E-state index in [-0.39, 0.29) is 36.3 Å². The molecule has 7 nitrogen and oxygen atoms in total. The Morgan fingerprint density at radius 1 is 1.11 bits per heavy atom. The largest absolute Gasteiger partial charge is 0.469 e. The molecule has 8 heteroatoms. The molecule has 2 rings (SSSR count). The van der Waals surface area contributed by atoms with Crippen LogP contribution in [0.4, 0.5) is 0 Å². The number of carbonyl (C=O) groups is 1. The molecular weight excluding hydrogens is 468 g/mol. The molecule has 0 aromatic carbocycles. The smallest absolute Gasteiger partial charge is 0.305 e. The van der Waals surface area contributed by atoms with Crippen molar-refractivity contribution in [1.82, 2.24) is 0 Å². The van der Waals surface area contributed by atoms with Crippen molar-refractivity contribution in [2.24, 2.45) is 11.8 Å². The lowest BCUT2D eigenvalue weighted by Gasteiger charge is -2.27. The molecule has 0 spiro atoms. The van der Waals surface area contributed by atoms with Gasteiger partial charge >= 0.3 is 5.97 Å². The second-order valence-corrected chi connectivity index (χ2v) is 11.4. The molecule has 0 amide bonds. The van der Waals surface area contributed by atoms with Crippen molar-refractivity contribution in [3.05, 3.63) is 24.3 Å². The Hall–Kier alpha value is -1.22. The van der Waals surface area contributed by atoms with Crippen LogP contribution in [0.25, 0.3) is 0 Å². The third-order valence-electron chi connectivity index (χ3n) is 6.79. The number of ether oxygens (including phenoxy) is 3. The number of allylic oxidation sites excluding steroid dienone is 3. The Balaban J connectivity index is 2.00. The standard InChI is InChI=1S/C27H46O7S/c1-4-5-8-13-23(33-27-16-11-12-21-32-27)19-17-22-18-20-25(34-35(3,29)30)24(22)14-9-6-7-10-15-26(28)31-2/h6,9,17,19,22-25,27H,4-5,7-8,10-16,18,20-21H2,1-3H3/t22-,23-,24+,25+,27?/m0/s1. The van der Waals surface area contributed by atoms with Crippen LogP contribution in [0, 0.1) is 11.8 Å². The van der Waals surface area contributed by atoms with E-state index >= 15 is 0 Å². The SMILES string of the molecule is CCCCC[C@@H](C=C[C@H]1CC[C@@H](OS(C)(=O)=O)[C@@H]1CC=CCCCC(=O)OC)OC1CCCCO1. The fourth-order valence-electron chi connectivity index (χ4n) is 4.89. The van der Waals surface area contributed by atoms with E-state index in [0.717, 1.165) is 83.5 Å². The minimum atomic E-state index is -3.52. The predicted octanol–water partition coefficient (Wildman–Crippen LogP) is 5.70. The zero-order valence-electron chi connectivity index (χ0n) is 21.9. The summed E-state index contributed by atoms with van der Waals surface area (Å²) in [5, 5.41) is 0. The summed E-state index contributed by atoms with van der Waals surface area (Å²) in [4.78, 5) is 11.3. The van der Waals surface area contributed by atoms with Crippen LogP contribution in [0.3, 0.4) is 0 Å². The lowest BCUT2D eigenvalue weighted by Crippen LogP contribution is -2.27. The number of carbonyl (C=O) groups excluding carboxylic acids is 1. The molecule has 0 aromatic heterocycles. The van der Waals surface area contributed by atoms with Crippen molar-refractivity contribution >= 4 is 16.1 Å². The highest BCUT2D eigenvalue weighted by atomic mass is 32.2. The molecule has 0 radical (unpaired) electrons. The molecule has 1 saturated heterocycles. The molecule has 202 valence electrons. The summed E-state index contributed by atoms with van der Waals surface area (Å²) in [5.74, 6) is 0.112. The molecule has 0 aromatic rings. The number of hydrogen-bond acceptors (Lipinski definition) is 7. The molecule has 0 bridgehead atoms. The monoisotopic (exact) mass is 514 g/mol. The van der Waals surface area contributed by atoms with Gasteiger partial charge in [-0.05, 0) is 69.6 Å². The molecule has 1 aliphatic carbocycles. The van der Waals surface area contributed by atoms with Gasteiger partial charge in [0.25, 0.3) is 10.1 Å². The molecule has 2 aliphatic rings. The predicted molar refractivity (Wildman–Crippen MR) is 137 cm³/mol. The lowest BCUT2D eigenvalue weighted by atomic mass is 9.90. The van der Waals surface area contributed by atoms with Crippen LogP contribution in [0.15, 0.2) is 24.3 Å². The Bertz CT molecular complexity index is 755. The Labute approximate surface area is 212 Å². The third kappa shape index (κ3) is 12.5. The van der Waals surface area contributed by atoms with E-state index < -0.39 is 10.1 Å². The fraction of sp³-hybridized carbons (Fsp3) is 0.815. The van der Waals surface area contributed by atoms with Crippen LogP contribution in [-0.4, -0.2) is 52.9 Å². The van der Waals surface area contributed by atoms with Gasteiger partial charge in [-0.25, -0.2) is 0 Å². The van der Waals surface area contributed by atoms with Crippen LogP contribution in [-0.2, 0) is 33.3 Å². The number of rotatable bonds is 16. The Morgan fingerprint density at radius 3 is 2.63 bits per heavy atom. The van der Waals surface area contributed by atoms with E-state index in [0.29, 0.717) is 6.42 Å². The zero-order chi connectivity index (χ0) is 25.5. The van der Waals surface area contributed by atoms with Gasteiger partial charge in [-0.15, -0.1) is 0 Å². The summed E-state index contributed by atoms with van der Waals surface area (Å²) in [6.45, 7) is 2.96. The summed E-state index contributed by atoms with van der Waals surface area (Å²) in [6, 6.07) is 0. The first-order valence-corrected chi connectivity index (χ1v) is 15.2. The second-order valence-electron chi connectivity index (χ2n) is 9.77. The average molecular weight is 515 g/mol. The van der Waals surface area contributed by atoms with E-state index in [1.165, 1.54) is 13.5 Å². The first-order valence-electron chi connectivity index (χ1n) is 13.4. The van der Waals surface area contributed by atoms with Gasteiger partial charge in [-0.2, -0.15) is 8.42 Å². The second kappa shape index (κ2) is 16.5. The van der Waals surface area contributed by atoms with E-state index in [4.69, 9.17) is 13.7 Å². The summed E-state index contributed by atoms with van der Waals surface area (Å²) in [5.41, 5.74) is 0. The average Bonchev–Trinajstić information content (AvgIpc) is 3.19. The van der Waals surface area contributed by atoms with Crippen LogP contribution in [0.2, 0.25) is 0 Å². The summed E-state index contributed by atoms with van der Waals surface area (Å²) in [6.07, 6.45) is 21.1. The molecule has 35 heavy (non-hydrogen) atoms. The highest BCUT2D eigenvalue weighted by Gasteiger charge is 2.36. The Kier molecular flexibility index (Phi) is 14.2. The maximum atomic E-state index is 11.8. The summed E-state index contributed by atoms with van der Waals surface area (Å²) < 4.78 is 45.9. The number of esters is 1.